The summed E-state index contributed by atoms with van der Waals surface area (Å²) in [5, 5.41) is 8.58. The summed E-state index contributed by atoms with van der Waals surface area (Å²) in [6, 6.07) is 0. The third-order valence-electron chi connectivity index (χ3n) is 2.96. The summed E-state index contributed by atoms with van der Waals surface area (Å²) >= 11 is 0. The van der Waals surface area contributed by atoms with Gasteiger partial charge in [-0.3, -0.25) is 4.79 Å². The molecule has 88 valence electrons. The molecule has 2 unspecified atom stereocenters. The number of allylic oxidation sites excluding steroid dienone is 2. The van der Waals surface area contributed by atoms with E-state index in [4.69, 9.17) is 5.11 Å². The topological polar surface area (TPSA) is 37.3 Å². The van der Waals surface area contributed by atoms with E-state index >= 15 is 0 Å². The summed E-state index contributed by atoms with van der Waals surface area (Å²) in [5.74, 6) is 0.435. The Morgan fingerprint density at radius 3 is 2.20 bits per heavy atom. The molecule has 2 atom stereocenters. The Hall–Kier alpha value is -0.790. The smallest absolute Gasteiger partial charge is 0.303 e. The molecule has 0 saturated heterocycles. The fourth-order valence-electron chi connectivity index (χ4n) is 1.56. The minimum atomic E-state index is -0.682. The van der Waals surface area contributed by atoms with Crippen LogP contribution in [0.25, 0.3) is 0 Å². The Morgan fingerprint density at radius 2 is 1.73 bits per heavy atom. The lowest BCUT2D eigenvalue weighted by Gasteiger charge is -2.18. The Kier molecular flexibility index (Phi) is 7.10. The van der Waals surface area contributed by atoms with Crippen molar-refractivity contribution in [1.82, 2.24) is 0 Å². The van der Waals surface area contributed by atoms with Crippen molar-refractivity contribution in [2.45, 2.75) is 53.4 Å². The van der Waals surface area contributed by atoms with Crippen molar-refractivity contribution in [3.8, 4) is 0 Å². The predicted octanol–water partition coefficient (Wildman–Crippen LogP) is 3.87. The summed E-state index contributed by atoms with van der Waals surface area (Å²) in [6.45, 7) is 8.58. The van der Waals surface area contributed by atoms with E-state index in [-0.39, 0.29) is 0 Å². The van der Waals surface area contributed by atoms with Crippen molar-refractivity contribution in [2.24, 2.45) is 11.8 Å². The fourth-order valence-corrected chi connectivity index (χ4v) is 1.56. The van der Waals surface area contributed by atoms with E-state index < -0.39 is 5.97 Å². The molecule has 0 amide bonds. The average molecular weight is 212 g/mol. The first kappa shape index (κ1) is 14.2. The van der Waals surface area contributed by atoms with Gasteiger partial charge in [0.1, 0.15) is 0 Å². The summed E-state index contributed by atoms with van der Waals surface area (Å²) in [5.41, 5.74) is 1.36. The number of hydrogen-bond acceptors (Lipinski definition) is 1. The first-order valence-corrected chi connectivity index (χ1v) is 5.78. The van der Waals surface area contributed by atoms with E-state index in [9.17, 15) is 4.79 Å². The van der Waals surface area contributed by atoms with Gasteiger partial charge in [-0.25, -0.2) is 0 Å². The van der Waals surface area contributed by atoms with Crippen LogP contribution in [0.1, 0.15) is 53.4 Å². The molecule has 0 radical (unpaired) electrons. The van der Waals surface area contributed by atoms with Gasteiger partial charge in [0.05, 0.1) is 0 Å². The van der Waals surface area contributed by atoms with Gasteiger partial charge < -0.3 is 5.11 Å². The first-order chi connectivity index (χ1) is 6.93. The van der Waals surface area contributed by atoms with Crippen molar-refractivity contribution in [1.29, 1.82) is 0 Å². The molecule has 0 fully saturated rings. The average Bonchev–Trinajstić information content (AvgIpc) is 2.13. The second-order valence-electron chi connectivity index (χ2n) is 4.75. The zero-order chi connectivity index (χ0) is 11.8. The first-order valence-electron chi connectivity index (χ1n) is 5.78. The number of carboxylic acid groups (broad SMARTS) is 1. The van der Waals surface area contributed by atoms with Crippen LogP contribution < -0.4 is 0 Å². The Bertz CT molecular complexity index is 215. The molecule has 15 heavy (non-hydrogen) atoms. The molecule has 0 bridgehead atoms. The Morgan fingerprint density at radius 1 is 1.20 bits per heavy atom. The van der Waals surface area contributed by atoms with Gasteiger partial charge in [-0.1, -0.05) is 25.5 Å². The number of rotatable bonds is 7. The molecule has 0 spiro atoms. The van der Waals surface area contributed by atoms with Crippen LogP contribution in [0.3, 0.4) is 0 Å². The van der Waals surface area contributed by atoms with Crippen LogP contribution in [0.5, 0.6) is 0 Å². The van der Waals surface area contributed by atoms with E-state index in [2.05, 4.69) is 33.8 Å². The molecule has 2 heteroatoms. The van der Waals surface area contributed by atoms with Crippen molar-refractivity contribution in [2.75, 3.05) is 0 Å². The van der Waals surface area contributed by atoms with E-state index in [1.54, 1.807) is 0 Å². The van der Waals surface area contributed by atoms with Crippen LogP contribution in [0.4, 0.5) is 0 Å². The van der Waals surface area contributed by atoms with Gasteiger partial charge in [0.2, 0.25) is 0 Å². The second kappa shape index (κ2) is 7.49. The standard InChI is InChI=1S/C13H24O2/c1-10(2)6-5-7-11(3)12(4)8-9-13(14)15/h6,11-12H,5,7-9H2,1-4H3,(H,14,15). The van der Waals surface area contributed by atoms with Gasteiger partial charge in [-0.05, 0) is 44.9 Å². The van der Waals surface area contributed by atoms with Gasteiger partial charge in [0.25, 0.3) is 0 Å². The summed E-state index contributed by atoms with van der Waals surface area (Å²) in [6.07, 6.45) is 5.62. The molecule has 0 aromatic heterocycles. The van der Waals surface area contributed by atoms with Gasteiger partial charge in [-0.2, -0.15) is 0 Å². The van der Waals surface area contributed by atoms with Crippen molar-refractivity contribution in [3.05, 3.63) is 11.6 Å². The highest BCUT2D eigenvalue weighted by molar-refractivity contribution is 5.66. The maximum Gasteiger partial charge on any atom is 0.303 e. The van der Waals surface area contributed by atoms with Gasteiger partial charge in [-0.15, -0.1) is 0 Å². The maximum atomic E-state index is 10.4. The summed E-state index contributed by atoms with van der Waals surface area (Å²) in [7, 11) is 0. The van der Waals surface area contributed by atoms with Crippen LogP contribution in [0, 0.1) is 11.8 Å². The zero-order valence-electron chi connectivity index (χ0n) is 10.4. The SMILES string of the molecule is CC(C)=CCCC(C)C(C)CCC(=O)O. The van der Waals surface area contributed by atoms with E-state index in [0.29, 0.717) is 18.3 Å². The number of hydrogen-bond donors (Lipinski definition) is 1. The van der Waals surface area contributed by atoms with Crippen LogP contribution in [0.2, 0.25) is 0 Å². The lowest BCUT2D eigenvalue weighted by Crippen LogP contribution is -2.10. The Balaban J connectivity index is 3.73. The molecule has 0 aliphatic rings. The van der Waals surface area contributed by atoms with E-state index in [1.807, 2.05) is 0 Å². The molecular weight excluding hydrogens is 188 g/mol. The van der Waals surface area contributed by atoms with Crippen molar-refractivity contribution < 1.29 is 9.90 Å². The third kappa shape index (κ3) is 8.22. The molecule has 0 aliphatic heterocycles. The van der Waals surface area contributed by atoms with Crippen molar-refractivity contribution in [3.63, 3.8) is 0 Å². The number of carboxylic acids is 1. The maximum absolute atomic E-state index is 10.4. The number of carbonyl (C=O) groups is 1. The van der Waals surface area contributed by atoms with E-state index in [0.717, 1.165) is 19.3 Å². The third-order valence-corrected chi connectivity index (χ3v) is 2.96. The molecule has 0 aromatic carbocycles. The quantitative estimate of drug-likeness (QED) is 0.650. The summed E-state index contributed by atoms with van der Waals surface area (Å²) < 4.78 is 0. The minimum absolute atomic E-state index is 0.300. The lowest BCUT2D eigenvalue weighted by molar-refractivity contribution is -0.137. The molecule has 2 nitrogen and oxygen atoms in total. The van der Waals surface area contributed by atoms with Crippen LogP contribution in [0.15, 0.2) is 11.6 Å². The monoisotopic (exact) mass is 212 g/mol. The molecule has 0 rings (SSSR count). The summed E-state index contributed by atoms with van der Waals surface area (Å²) in [4.78, 5) is 10.4. The molecule has 0 heterocycles. The predicted molar refractivity (Wildman–Crippen MR) is 63.9 cm³/mol. The highest BCUT2D eigenvalue weighted by Crippen LogP contribution is 2.21. The largest absolute Gasteiger partial charge is 0.481 e. The van der Waals surface area contributed by atoms with E-state index in [1.165, 1.54) is 5.57 Å². The van der Waals surface area contributed by atoms with Crippen LogP contribution >= 0.6 is 0 Å². The second-order valence-corrected chi connectivity index (χ2v) is 4.75. The highest BCUT2D eigenvalue weighted by atomic mass is 16.4. The zero-order valence-corrected chi connectivity index (χ0v) is 10.4. The molecule has 1 N–H and O–H groups in total. The van der Waals surface area contributed by atoms with Gasteiger partial charge in [0, 0.05) is 6.42 Å². The molecule has 0 saturated carbocycles. The molecule has 0 aromatic rings. The Labute approximate surface area is 93.4 Å². The highest BCUT2D eigenvalue weighted by Gasteiger charge is 2.12. The van der Waals surface area contributed by atoms with Crippen LogP contribution in [-0.2, 0) is 4.79 Å². The van der Waals surface area contributed by atoms with Crippen molar-refractivity contribution >= 4 is 5.97 Å². The normalized spacial score (nSPS) is 14.4. The minimum Gasteiger partial charge on any atom is -0.481 e. The molecular formula is C13H24O2. The lowest BCUT2D eigenvalue weighted by atomic mass is 9.88. The van der Waals surface area contributed by atoms with Gasteiger partial charge in [0.15, 0.2) is 0 Å². The van der Waals surface area contributed by atoms with Crippen LogP contribution in [-0.4, -0.2) is 11.1 Å². The number of aliphatic carboxylic acids is 1. The van der Waals surface area contributed by atoms with Gasteiger partial charge >= 0.3 is 5.97 Å². The fraction of sp³-hybridized carbons (Fsp3) is 0.769. The molecule has 0 aliphatic carbocycles.